The Morgan fingerprint density at radius 3 is 2.85 bits per heavy atom. The summed E-state index contributed by atoms with van der Waals surface area (Å²) < 4.78 is 4.97. The molecule has 0 saturated carbocycles. The molecule has 13 heavy (non-hydrogen) atoms. The van der Waals surface area contributed by atoms with Gasteiger partial charge in [0.25, 0.3) is 0 Å². The number of amides is 1. The zero-order chi connectivity index (χ0) is 9.84. The van der Waals surface area contributed by atoms with E-state index in [2.05, 4.69) is 31.4 Å². The second kappa shape index (κ2) is 4.36. The minimum atomic E-state index is -0.222. The third-order valence-corrected chi connectivity index (χ3v) is 2.46. The molecule has 0 spiro atoms. The molecule has 1 aromatic heterocycles. The molecule has 0 bridgehead atoms. The van der Waals surface area contributed by atoms with Crippen LogP contribution in [0.2, 0.25) is 0 Å². The highest BCUT2D eigenvalue weighted by molar-refractivity contribution is 9.10. The van der Waals surface area contributed by atoms with Crippen LogP contribution in [0.15, 0.2) is 4.42 Å². The molecule has 5 nitrogen and oxygen atoms in total. The first-order chi connectivity index (χ1) is 6.13. The smallest absolute Gasteiger partial charge is 0.322 e. The number of rotatable bonds is 3. The second-order valence-electron chi connectivity index (χ2n) is 2.49. The van der Waals surface area contributed by atoms with E-state index in [0.29, 0.717) is 12.3 Å². The highest BCUT2D eigenvalue weighted by atomic mass is 79.9. The van der Waals surface area contributed by atoms with Crippen molar-refractivity contribution in [3.05, 3.63) is 5.89 Å². The molecule has 0 saturated heterocycles. The van der Waals surface area contributed by atoms with Crippen LogP contribution in [-0.2, 0) is 4.79 Å². The number of hydrogen-bond donors (Lipinski definition) is 1. The summed E-state index contributed by atoms with van der Waals surface area (Å²) in [6, 6.07) is 0.139. The maximum atomic E-state index is 11.3. The lowest BCUT2D eigenvalue weighted by atomic mass is 10.3. The number of hydrogen-bond acceptors (Lipinski definition) is 4. The molecule has 0 aliphatic rings. The average molecular weight is 248 g/mol. The van der Waals surface area contributed by atoms with E-state index in [1.54, 1.807) is 6.92 Å². The Hall–Kier alpha value is -0.910. The predicted molar refractivity (Wildman–Crippen MR) is 50.7 cm³/mol. The molecule has 0 aliphatic carbocycles. The van der Waals surface area contributed by atoms with Gasteiger partial charge in [-0.3, -0.25) is 10.1 Å². The van der Waals surface area contributed by atoms with Crippen LogP contribution < -0.4 is 5.32 Å². The van der Waals surface area contributed by atoms with Crippen molar-refractivity contribution in [3.8, 4) is 0 Å². The Morgan fingerprint density at radius 1 is 1.69 bits per heavy atom. The second-order valence-corrected chi connectivity index (χ2v) is 3.60. The molecule has 1 amide bonds. The summed E-state index contributed by atoms with van der Waals surface area (Å²) in [5.41, 5.74) is 0. The number of halogens is 1. The predicted octanol–water partition coefficient (Wildman–Crippen LogP) is 1.49. The van der Waals surface area contributed by atoms with Crippen LogP contribution in [0, 0.1) is 6.92 Å². The largest absolute Gasteiger partial charge is 0.408 e. The first kappa shape index (κ1) is 10.2. The van der Waals surface area contributed by atoms with Crippen LogP contribution >= 0.6 is 15.9 Å². The number of aryl methyl sites for hydroxylation is 1. The van der Waals surface area contributed by atoms with Crippen molar-refractivity contribution in [2.45, 2.75) is 25.1 Å². The van der Waals surface area contributed by atoms with Gasteiger partial charge in [0, 0.05) is 6.92 Å². The molecule has 72 valence electrons. The van der Waals surface area contributed by atoms with Crippen molar-refractivity contribution in [3.63, 3.8) is 0 Å². The van der Waals surface area contributed by atoms with Crippen molar-refractivity contribution < 1.29 is 9.21 Å². The van der Waals surface area contributed by atoms with Gasteiger partial charge in [-0.2, -0.15) is 0 Å². The molecule has 1 unspecified atom stereocenters. The standard InChI is InChI=1S/C7H10BrN3O2/c1-3-5(8)6(12)9-7-11-10-4(2)13-7/h5H,3H2,1-2H3,(H,9,11,12). The van der Waals surface area contributed by atoms with Crippen LogP contribution in [0.5, 0.6) is 0 Å². The molecule has 0 aliphatic heterocycles. The van der Waals surface area contributed by atoms with E-state index in [-0.39, 0.29) is 16.7 Å². The maximum Gasteiger partial charge on any atom is 0.322 e. The highest BCUT2D eigenvalue weighted by Gasteiger charge is 2.14. The van der Waals surface area contributed by atoms with Crippen LogP contribution in [0.3, 0.4) is 0 Å². The fourth-order valence-electron chi connectivity index (χ4n) is 0.716. The summed E-state index contributed by atoms with van der Waals surface area (Å²) in [6.07, 6.45) is 0.707. The third kappa shape index (κ3) is 2.80. The fraction of sp³-hybridized carbons (Fsp3) is 0.571. The Kier molecular flexibility index (Phi) is 3.41. The number of carbonyl (C=O) groups excluding carboxylic acids is 1. The van der Waals surface area contributed by atoms with Gasteiger partial charge in [-0.05, 0) is 6.42 Å². The Labute approximate surface area is 84.0 Å². The topological polar surface area (TPSA) is 68.0 Å². The zero-order valence-corrected chi connectivity index (χ0v) is 8.96. The van der Waals surface area contributed by atoms with E-state index in [9.17, 15) is 4.79 Å². The first-order valence-corrected chi connectivity index (χ1v) is 4.80. The Balaban J connectivity index is 2.54. The summed E-state index contributed by atoms with van der Waals surface area (Å²) in [6.45, 7) is 3.56. The lowest BCUT2D eigenvalue weighted by Crippen LogP contribution is -2.22. The number of nitrogens with one attached hydrogen (secondary N) is 1. The summed E-state index contributed by atoms with van der Waals surface area (Å²) in [4.78, 5) is 11.0. The zero-order valence-electron chi connectivity index (χ0n) is 7.37. The maximum absolute atomic E-state index is 11.3. The van der Waals surface area contributed by atoms with Crippen molar-refractivity contribution in [2.75, 3.05) is 5.32 Å². The van der Waals surface area contributed by atoms with Crippen LogP contribution in [0.25, 0.3) is 0 Å². The Morgan fingerprint density at radius 2 is 2.38 bits per heavy atom. The number of anilines is 1. The van der Waals surface area contributed by atoms with E-state index < -0.39 is 0 Å². The number of carbonyl (C=O) groups is 1. The highest BCUT2D eigenvalue weighted by Crippen LogP contribution is 2.09. The SMILES string of the molecule is CCC(Br)C(=O)Nc1nnc(C)o1. The molecular formula is C7H10BrN3O2. The molecule has 1 atom stereocenters. The quantitative estimate of drug-likeness (QED) is 0.823. The summed E-state index contributed by atoms with van der Waals surface area (Å²) in [5.74, 6) is 0.254. The van der Waals surface area contributed by atoms with Gasteiger partial charge in [0.05, 0.1) is 4.83 Å². The number of alkyl halides is 1. The first-order valence-electron chi connectivity index (χ1n) is 3.88. The molecule has 1 heterocycles. The minimum absolute atomic E-state index is 0.139. The molecular weight excluding hydrogens is 238 g/mol. The number of nitrogens with zero attached hydrogens (tertiary/aromatic N) is 2. The molecule has 1 aromatic rings. The lowest BCUT2D eigenvalue weighted by Gasteiger charge is -2.03. The van der Waals surface area contributed by atoms with E-state index in [1.165, 1.54) is 0 Å². The lowest BCUT2D eigenvalue weighted by molar-refractivity contribution is -0.115. The van der Waals surface area contributed by atoms with Gasteiger partial charge in [0.15, 0.2) is 0 Å². The van der Waals surface area contributed by atoms with E-state index in [1.807, 2.05) is 6.92 Å². The van der Waals surface area contributed by atoms with Gasteiger partial charge in [-0.15, -0.1) is 5.10 Å². The molecule has 1 rings (SSSR count). The van der Waals surface area contributed by atoms with E-state index in [4.69, 9.17) is 4.42 Å². The number of aromatic nitrogens is 2. The Bertz CT molecular complexity index is 300. The van der Waals surface area contributed by atoms with Crippen molar-refractivity contribution in [1.29, 1.82) is 0 Å². The molecule has 1 N–H and O–H groups in total. The van der Waals surface area contributed by atoms with Gasteiger partial charge in [-0.25, -0.2) is 0 Å². The van der Waals surface area contributed by atoms with Gasteiger partial charge < -0.3 is 4.42 Å². The van der Waals surface area contributed by atoms with Gasteiger partial charge in [0.2, 0.25) is 11.8 Å². The van der Waals surface area contributed by atoms with Gasteiger partial charge >= 0.3 is 6.01 Å². The molecule has 0 aromatic carbocycles. The van der Waals surface area contributed by atoms with Gasteiger partial charge in [-0.1, -0.05) is 28.0 Å². The van der Waals surface area contributed by atoms with Crippen molar-refractivity contribution in [1.82, 2.24) is 10.2 Å². The monoisotopic (exact) mass is 247 g/mol. The van der Waals surface area contributed by atoms with Gasteiger partial charge in [0.1, 0.15) is 0 Å². The summed E-state index contributed by atoms with van der Waals surface area (Å²) in [7, 11) is 0. The minimum Gasteiger partial charge on any atom is -0.408 e. The van der Waals surface area contributed by atoms with Crippen molar-refractivity contribution in [2.24, 2.45) is 0 Å². The van der Waals surface area contributed by atoms with Crippen LogP contribution in [0.1, 0.15) is 19.2 Å². The fourth-order valence-corrected chi connectivity index (χ4v) is 0.831. The van der Waals surface area contributed by atoms with E-state index >= 15 is 0 Å². The van der Waals surface area contributed by atoms with Crippen LogP contribution in [-0.4, -0.2) is 20.9 Å². The van der Waals surface area contributed by atoms with Crippen LogP contribution in [0.4, 0.5) is 6.01 Å². The molecule has 0 radical (unpaired) electrons. The van der Waals surface area contributed by atoms with E-state index in [0.717, 1.165) is 0 Å². The molecule has 0 fully saturated rings. The normalized spacial score (nSPS) is 12.5. The average Bonchev–Trinajstić information content (AvgIpc) is 2.49. The summed E-state index contributed by atoms with van der Waals surface area (Å²) in [5, 5.41) is 9.70. The third-order valence-electron chi connectivity index (χ3n) is 1.40. The molecule has 6 heteroatoms. The van der Waals surface area contributed by atoms with Crippen molar-refractivity contribution >= 4 is 27.9 Å². The summed E-state index contributed by atoms with van der Waals surface area (Å²) >= 11 is 3.20.